The van der Waals surface area contributed by atoms with Crippen LogP contribution in [0.2, 0.25) is 0 Å². The summed E-state index contributed by atoms with van der Waals surface area (Å²) in [7, 11) is 0. The fourth-order valence-corrected chi connectivity index (χ4v) is 1.99. The minimum absolute atomic E-state index is 0.181. The Kier molecular flexibility index (Phi) is 3.11. The van der Waals surface area contributed by atoms with E-state index in [1.807, 2.05) is 0 Å². The van der Waals surface area contributed by atoms with Crippen molar-refractivity contribution in [1.82, 2.24) is 14.7 Å². The maximum absolute atomic E-state index is 11.9. The molecule has 94 valence electrons. The van der Waals surface area contributed by atoms with Crippen molar-refractivity contribution in [3.8, 4) is 0 Å². The van der Waals surface area contributed by atoms with Gasteiger partial charge in [0.15, 0.2) is 4.96 Å². The maximum atomic E-state index is 11.9. The molecule has 0 spiro atoms. The summed E-state index contributed by atoms with van der Waals surface area (Å²) in [6.45, 7) is 1.31. The summed E-state index contributed by atoms with van der Waals surface area (Å²) >= 11 is 1.27. The van der Waals surface area contributed by atoms with Gasteiger partial charge in [-0.15, -0.1) is 11.3 Å². The molecule has 0 saturated heterocycles. The van der Waals surface area contributed by atoms with Crippen molar-refractivity contribution in [3.05, 3.63) is 33.7 Å². The number of nitrogens with zero attached hydrogens (tertiary/aromatic N) is 2. The zero-order valence-corrected chi connectivity index (χ0v) is 10.1. The second-order valence-corrected chi connectivity index (χ2v) is 4.44. The van der Waals surface area contributed by atoms with E-state index in [2.05, 4.69) is 10.3 Å². The van der Waals surface area contributed by atoms with Gasteiger partial charge in [0.25, 0.3) is 11.5 Å². The maximum Gasteiger partial charge on any atom is 0.325 e. The van der Waals surface area contributed by atoms with Crippen LogP contribution >= 0.6 is 11.3 Å². The van der Waals surface area contributed by atoms with E-state index in [0.717, 1.165) is 6.20 Å². The van der Waals surface area contributed by atoms with E-state index in [1.165, 1.54) is 28.9 Å². The van der Waals surface area contributed by atoms with Crippen molar-refractivity contribution in [3.63, 3.8) is 0 Å². The lowest BCUT2D eigenvalue weighted by molar-refractivity contribution is -0.138. The van der Waals surface area contributed by atoms with Crippen molar-refractivity contribution in [2.24, 2.45) is 0 Å². The lowest BCUT2D eigenvalue weighted by atomic mass is 10.2. The van der Waals surface area contributed by atoms with Crippen LogP contribution in [0.3, 0.4) is 0 Å². The van der Waals surface area contributed by atoms with Crippen molar-refractivity contribution >= 4 is 28.2 Å². The molecule has 2 aromatic rings. The number of aliphatic carboxylic acids is 1. The highest BCUT2D eigenvalue weighted by Gasteiger charge is 2.18. The topological polar surface area (TPSA) is 101 Å². The molecule has 0 bridgehead atoms. The number of nitrogens with one attached hydrogen (secondary N) is 1. The third-order valence-electron chi connectivity index (χ3n) is 2.31. The number of carboxylic acid groups (broad SMARTS) is 1. The SMILES string of the molecule is C[C@H](NC(=O)c1cnc2sccn2c1=O)C(=O)O. The fraction of sp³-hybridized carbons (Fsp3) is 0.200. The van der Waals surface area contributed by atoms with Crippen molar-refractivity contribution in [1.29, 1.82) is 0 Å². The first-order valence-corrected chi connectivity index (χ1v) is 5.87. The van der Waals surface area contributed by atoms with Gasteiger partial charge in [0.2, 0.25) is 0 Å². The molecule has 0 aliphatic heterocycles. The smallest absolute Gasteiger partial charge is 0.325 e. The molecule has 2 aromatic heterocycles. The van der Waals surface area contributed by atoms with E-state index in [-0.39, 0.29) is 5.56 Å². The molecule has 0 fully saturated rings. The highest BCUT2D eigenvalue weighted by molar-refractivity contribution is 7.15. The molecule has 7 nitrogen and oxygen atoms in total. The third-order valence-corrected chi connectivity index (χ3v) is 3.08. The van der Waals surface area contributed by atoms with Crippen molar-refractivity contribution in [2.75, 3.05) is 0 Å². The van der Waals surface area contributed by atoms with Gasteiger partial charge in [0.1, 0.15) is 11.6 Å². The first-order valence-electron chi connectivity index (χ1n) is 4.99. The van der Waals surface area contributed by atoms with Gasteiger partial charge in [0.05, 0.1) is 0 Å². The molecule has 8 heteroatoms. The van der Waals surface area contributed by atoms with Gasteiger partial charge in [-0.2, -0.15) is 0 Å². The Morgan fingerprint density at radius 3 is 2.94 bits per heavy atom. The van der Waals surface area contributed by atoms with E-state index >= 15 is 0 Å². The van der Waals surface area contributed by atoms with Crippen LogP contribution in [-0.2, 0) is 4.79 Å². The molecule has 0 saturated carbocycles. The Morgan fingerprint density at radius 2 is 2.28 bits per heavy atom. The summed E-state index contributed by atoms with van der Waals surface area (Å²) in [6, 6.07) is -1.07. The Morgan fingerprint density at radius 1 is 1.56 bits per heavy atom. The van der Waals surface area contributed by atoms with E-state index in [9.17, 15) is 14.4 Å². The number of carbonyl (C=O) groups excluding carboxylic acids is 1. The van der Waals surface area contributed by atoms with Gasteiger partial charge in [-0.05, 0) is 6.92 Å². The molecule has 0 aliphatic rings. The van der Waals surface area contributed by atoms with Crippen LogP contribution in [0.25, 0.3) is 4.96 Å². The van der Waals surface area contributed by atoms with Crippen LogP contribution in [0.15, 0.2) is 22.6 Å². The lowest BCUT2D eigenvalue weighted by Gasteiger charge is -2.08. The van der Waals surface area contributed by atoms with E-state index in [0.29, 0.717) is 4.96 Å². The van der Waals surface area contributed by atoms with Crippen molar-refractivity contribution < 1.29 is 14.7 Å². The van der Waals surface area contributed by atoms with Crippen LogP contribution < -0.4 is 10.9 Å². The zero-order chi connectivity index (χ0) is 13.3. The van der Waals surface area contributed by atoms with E-state index in [4.69, 9.17) is 5.11 Å². The van der Waals surface area contributed by atoms with Gasteiger partial charge in [-0.3, -0.25) is 18.8 Å². The quantitative estimate of drug-likeness (QED) is 0.812. The fourth-order valence-electron chi connectivity index (χ4n) is 1.32. The molecular formula is C10H9N3O4S. The first kappa shape index (κ1) is 12.2. The molecule has 0 aliphatic carbocycles. The van der Waals surface area contributed by atoms with Crippen LogP contribution in [0, 0.1) is 0 Å². The summed E-state index contributed by atoms with van der Waals surface area (Å²) in [5.74, 6) is -1.92. The Labute approximate surface area is 105 Å². The standard InChI is InChI=1S/C10H9N3O4S/c1-5(9(16)17)12-7(14)6-4-11-10-13(8(6)15)2-3-18-10/h2-5H,1H3,(H,12,14)(H,16,17)/t5-/m0/s1. The average molecular weight is 267 g/mol. The predicted octanol–water partition coefficient (Wildman–Crippen LogP) is -0.0411. The molecule has 18 heavy (non-hydrogen) atoms. The highest BCUT2D eigenvalue weighted by Crippen LogP contribution is 2.05. The Balaban J connectivity index is 2.36. The summed E-state index contributed by atoms with van der Waals surface area (Å²) in [4.78, 5) is 38.7. The second-order valence-electron chi connectivity index (χ2n) is 3.57. The highest BCUT2D eigenvalue weighted by atomic mass is 32.1. The molecule has 2 rings (SSSR count). The van der Waals surface area contributed by atoms with Gasteiger partial charge < -0.3 is 10.4 Å². The van der Waals surface area contributed by atoms with Crippen molar-refractivity contribution in [2.45, 2.75) is 13.0 Å². The van der Waals surface area contributed by atoms with Crippen LogP contribution in [0.4, 0.5) is 0 Å². The average Bonchev–Trinajstić information content (AvgIpc) is 2.78. The van der Waals surface area contributed by atoms with Crippen LogP contribution in [0.5, 0.6) is 0 Å². The third kappa shape index (κ3) is 2.09. The first-order chi connectivity index (χ1) is 8.50. The molecular weight excluding hydrogens is 258 g/mol. The molecule has 1 atom stereocenters. The Hall–Kier alpha value is -2.22. The monoisotopic (exact) mass is 267 g/mol. The number of amides is 1. The molecule has 1 amide bonds. The summed E-state index contributed by atoms with van der Waals surface area (Å²) in [5, 5.41) is 12.6. The number of thiazole rings is 1. The van der Waals surface area contributed by atoms with Gasteiger partial charge in [-0.1, -0.05) is 0 Å². The van der Waals surface area contributed by atoms with Gasteiger partial charge in [0, 0.05) is 17.8 Å². The molecule has 2 N–H and O–H groups in total. The predicted molar refractivity (Wildman–Crippen MR) is 63.9 cm³/mol. The summed E-state index contributed by atoms with van der Waals surface area (Å²) in [6.07, 6.45) is 2.66. The molecule has 0 radical (unpaired) electrons. The zero-order valence-electron chi connectivity index (χ0n) is 9.28. The number of aromatic nitrogens is 2. The molecule has 0 unspecified atom stereocenters. The minimum Gasteiger partial charge on any atom is -0.480 e. The number of rotatable bonds is 3. The summed E-state index contributed by atoms with van der Waals surface area (Å²) < 4.78 is 1.24. The lowest BCUT2D eigenvalue weighted by Crippen LogP contribution is -2.40. The van der Waals surface area contributed by atoms with Crippen LogP contribution in [-0.4, -0.2) is 32.4 Å². The second kappa shape index (κ2) is 4.57. The van der Waals surface area contributed by atoms with Gasteiger partial charge >= 0.3 is 5.97 Å². The van der Waals surface area contributed by atoms with Crippen LogP contribution in [0.1, 0.15) is 17.3 Å². The van der Waals surface area contributed by atoms with Gasteiger partial charge in [-0.25, -0.2) is 4.98 Å². The minimum atomic E-state index is -1.17. The number of hydrogen-bond donors (Lipinski definition) is 2. The molecule has 0 aromatic carbocycles. The number of carbonyl (C=O) groups is 2. The van der Waals surface area contributed by atoms with E-state index in [1.54, 1.807) is 5.38 Å². The molecule has 2 heterocycles. The number of fused-ring (bicyclic) bond motifs is 1. The summed E-state index contributed by atoms with van der Waals surface area (Å²) in [5.41, 5.74) is -0.699. The Bertz CT molecular complexity index is 675. The normalized spacial score (nSPS) is 12.3. The van der Waals surface area contributed by atoms with E-state index < -0.39 is 23.5 Å². The largest absolute Gasteiger partial charge is 0.480 e. The number of hydrogen-bond acceptors (Lipinski definition) is 5. The number of carboxylic acids is 1.